The van der Waals surface area contributed by atoms with Gasteiger partial charge in [-0.15, -0.1) is 0 Å². The van der Waals surface area contributed by atoms with Gasteiger partial charge in [0.2, 0.25) is 0 Å². The number of hydrogen-bond acceptors (Lipinski definition) is 4. The first-order valence-corrected chi connectivity index (χ1v) is 7.24. The van der Waals surface area contributed by atoms with Gasteiger partial charge >= 0.3 is 11.8 Å². The van der Waals surface area contributed by atoms with Crippen LogP contribution in [0.15, 0.2) is 0 Å². The molecule has 0 saturated heterocycles. The molecule has 0 radical (unpaired) electrons. The van der Waals surface area contributed by atoms with E-state index >= 15 is 0 Å². The van der Waals surface area contributed by atoms with Gasteiger partial charge in [0.05, 0.1) is 25.3 Å². The van der Waals surface area contributed by atoms with E-state index in [1.807, 2.05) is 27.7 Å². The van der Waals surface area contributed by atoms with Crippen LogP contribution in [0.25, 0.3) is 0 Å². The molecule has 0 aromatic heterocycles. The molecule has 0 spiro atoms. The van der Waals surface area contributed by atoms with Crippen molar-refractivity contribution in [3.63, 3.8) is 0 Å². The van der Waals surface area contributed by atoms with Gasteiger partial charge in [-0.1, -0.05) is 40.5 Å². The summed E-state index contributed by atoms with van der Waals surface area (Å²) in [6.45, 7) is 7.28. The van der Waals surface area contributed by atoms with Crippen molar-refractivity contribution >= 4 is 11.8 Å². The predicted molar refractivity (Wildman–Crippen MR) is 76.9 cm³/mol. The second-order valence-electron chi connectivity index (χ2n) is 5.30. The van der Waals surface area contributed by atoms with Crippen LogP contribution in [-0.2, 0) is 9.59 Å². The van der Waals surface area contributed by atoms with Crippen LogP contribution in [0.3, 0.4) is 0 Å². The molecular formula is C14H28N2O4. The van der Waals surface area contributed by atoms with Crippen LogP contribution in [-0.4, -0.2) is 47.3 Å². The quantitative estimate of drug-likeness (QED) is 0.474. The van der Waals surface area contributed by atoms with E-state index in [9.17, 15) is 19.8 Å². The average Bonchev–Trinajstić information content (AvgIpc) is 2.47. The fourth-order valence-corrected chi connectivity index (χ4v) is 1.77. The standard InChI is InChI=1S/C14H28N2O4/c1-5-9(3)11(7-17)15-13(19)14(20)16-12(8-18)10(4)6-2/h9-12,17-18H,5-8H2,1-4H3,(H,15,19)(H,16,20). The van der Waals surface area contributed by atoms with Gasteiger partial charge in [-0.05, 0) is 11.8 Å². The molecule has 0 rings (SSSR count). The maximum Gasteiger partial charge on any atom is 0.309 e. The molecule has 6 heteroatoms. The lowest BCUT2D eigenvalue weighted by atomic mass is 9.99. The topological polar surface area (TPSA) is 98.7 Å². The lowest BCUT2D eigenvalue weighted by Crippen LogP contribution is -2.52. The number of rotatable bonds is 8. The van der Waals surface area contributed by atoms with Gasteiger partial charge < -0.3 is 20.8 Å². The number of carbonyl (C=O) groups is 2. The molecule has 4 unspecified atom stereocenters. The number of aliphatic hydroxyl groups is 2. The normalized spacial score (nSPS) is 16.9. The van der Waals surface area contributed by atoms with Crippen molar-refractivity contribution in [1.29, 1.82) is 0 Å². The zero-order chi connectivity index (χ0) is 15.7. The van der Waals surface area contributed by atoms with Crippen LogP contribution in [0.5, 0.6) is 0 Å². The summed E-state index contributed by atoms with van der Waals surface area (Å²) in [5.41, 5.74) is 0. The van der Waals surface area contributed by atoms with Crippen LogP contribution >= 0.6 is 0 Å². The molecule has 0 saturated carbocycles. The van der Waals surface area contributed by atoms with E-state index in [4.69, 9.17) is 0 Å². The molecular weight excluding hydrogens is 260 g/mol. The van der Waals surface area contributed by atoms with Gasteiger partial charge in [0, 0.05) is 0 Å². The Hall–Kier alpha value is -1.14. The van der Waals surface area contributed by atoms with Gasteiger partial charge in [-0.3, -0.25) is 9.59 Å². The second kappa shape index (κ2) is 9.72. The zero-order valence-electron chi connectivity index (χ0n) is 12.8. The number of amides is 2. The molecule has 6 nitrogen and oxygen atoms in total. The number of carbonyl (C=O) groups excluding carboxylic acids is 2. The lowest BCUT2D eigenvalue weighted by Gasteiger charge is -2.24. The zero-order valence-corrected chi connectivity index (χ0v) is 12.8. The molecule has 4 atom stereocenters. The van der Waals surface area contributed by atoms with Crippen molar-refractivity contribution in [2.45, 2.75) is 52.6 Å². The number of aliphatic hydroxyl groups excluding tert-OH is 2. The van der Waals surface area contributed by atoms with Crippen molar-refractivity contribution < 1.29 is 19.8 Å². The number of nitrogens with one attached hydrogen (secondary N) is 2. The Morgan fingerprint density at radius 1 is 0.850 bits per heavy atom. The molecule has 4 N–H and O–H groups in total. The molecule has 0 aliphatic carbocycles. The fourth-order valence-electron chi connectivity index (χ4n) is 1.77. The third-order valence-corrected chi connectivity index (χ3v) is 3.89. The third-order valence-electron chi connectivity index (χ3n) is 3.89. The highest BCUT2D eigenvalue weighted by atomic mass is 16.3. The molecule has 0 bridgehead atoms. The Morgan fingerprint density at radius 2 is 1.15 bits per heavy atom. The van der Waals surface area contributed by atoms with E-state index in [1.165, 1.54) is 0 Å². The lowest BCUT2D eigenvalue weighted by molar-refractivity contribution is -0.140. The first-order valence-electron chi connectivity index (χ1n) is 7.24. The molecule has 0 fully saturated rings. The van der Waals surface area contributed by atoms with Crippen molar-refractivity contribution in [3.8, 4) is 0 Å². The van der Waals surface area contributed by atoms with Crippen LogP contribution in [0, 0.1) is 11.8 Å². The van der Waals surface area contributed by atoms with Crippen LogP contribution in [0.4, 0.5) is 0 Å². The molecule has 118 valence electrons. The van der Waals surface area contributed by atoms with Crippen LogP contribution < -0.4 is 10.6 Å². The molecule has 0 aliphatic heterocycles. The smallest absolute Gasteiger partial charge is 0.309 e. The summed E-state index contributed by atoms with van der Waals surface area (Å²) in [7, 11) is 0. The first-order chi connectivity index (χ1) is 9.40. The average molecular weight is 288 g/mol. The summed E-state index contributed by atoms with van der Waals surface area (Å²) >= 11 is 0. The Balaban J connectivity index is 4.50. The Labute approximate surface area is 120 Å². The highest BCUT2D eigenvalue weighted by molar-refractivity contribution is 6.35. The second-order valence-corrected chi connectivity index (χ2v) is 5.30. The monoisotopic (exact) mass is 288 g/mol. The number of hydrogen-bond donors (Lipinski definition) is 4. The Kier molecular flexibility index (Phi) is 9.16. The molecule has 0 aromatic carbocycles. The highest BCUT2D eigenvalue weighted by Crippen LogP contribution is 2.08. The van der Waals surface area contributed by atoms with Gasteiger partial charge in [-0.25, -0.2) is 0 Å². The largest absolute Gasteiger partial charge is 0.394 e. The van der Waals surface area contributed by atoms with Gasteiger partial charge in [-0.2, -0.15) is 0 Å². The van der Waals surface area contributed by atoms with Crippen molar-refractivity contribution in [1.82, 2.24) is 10.6 Å². The van der Waals surface area contributed by atoms with Crippen LogP contribution in [0.1, 0.15) is 40.5 Å². The van der Waals surface area contributed by atoms with Crippen molar-refractivity contribution in [2.24, 2.45) is 11.8 Å². The molecule has 0 aromatic rings. The minimum atomic E-state index is -0.772. The maximum atomic E-state index is 11.8. The summed E-state index contributed by atoms with van der Waals surface area (Å²) in [5.74, 6) is -1.38. The maximum absolute atomic E-state index is 11.8. The third kappa shape index (κ3) is 5.88. The summed E-state index contributed by atoms with van der Waals surface area (Å²) in [6, 6.07) is -0.871. The summed E-state index contributed by atoms with van der Waals surface area (Å²) in [5, 5.41) is 23.5. The van der Waals surface area contributed by atoms with E-state index in [0.717, 1.165) is 12.8 Å². The summed E-state index contributed by atoms with van der Waals surface area (Å²) in [4.78, 5) is 23.6. The molecule has 0 heterocycles. The van der Waals surface area contributed by atoms with Crippen LogP contribution in [0.2, 0.25) is 0 Å². The predicted octanol–water partition coefficient (Wildman–Crippen LogP) is 0.0328. The minimum absolute atomic E-state index is 0.0833. The van der Waals surface area contributed by atoms with E-state index in [0.29, 0.717) is 0 Å². The highest BCUT2D eigenvalue weighted by Gasteiger charge is 2.25. The van der Waals surface area contributed by atoms with E-state index in [-0.39, 0.29) is 25.0 Å². The molecule has 20 heavy (non-hydrogen) atoms. The fraction of sp³-hybridized carbons (Fsp3) is 0.857. The Morgan fingerprint density at radius 3 is 1.35 bits per heavy atom. The first kappa shape index (κ1) is 18.9. The van der Waals surface area contributed by atoms with E-state index in [1.54, 1.807) is 0 Å². The van der Waals surface area contributed by atoms with E-state index in [2.05, 4.69) is 10.6 Å². The van der Waals surface area contributed by atoms with Gasteiger partial charge in [0.15, 0.2) is 0 Å². The van der Waals surface area contributed by atoms with Crippen molar-refractivity contribution in [3.05, 3.63) is 0 Å². The molecule has 2 amide bonds. The SMILES string of the molecule is CCC(C)C(CO)NC(=O)C(=O)NC(CO)C(C)CC. The van der Waals surface area contributed by atoms with Gasteiger partial charge in [0.1, 0.15) is 0 Å². The summed E-state index contributed by atoms with van der Waals surface area (Å²) in [6.07, 6.45) is 1.58. The van der Waals surface area contributed by atoms with E-state index < -0.39 is 23.9 Å². The van der Waals surface area contributed by atoms with Gasteiger partial charge in [0.25, 0.3) is 0 Å². The Bertz CT molecular complexity index is 280. The summed E-state index contributed by atoms with van der Waals surface area (Å²) < 4.78 is 0. The van der Waals surface area contributed by atoms with Crippen molar-refractivity contribution in [2.75, 3.05) is 13.2 Å². The minimum Gasteiger partial charge on any atom is -0.394 e. The molecule has 0 aliphatic rings.